The molecule has 0 saturated carbocycles. The molecule has 1 aliphatic heterocycles. The normalized spacial score (nSPS) is 19.0. The third-order valence-electron chi connectivity index (χ3n) is 5.24. The minimum Gasteiger partial charge on any atom is -0.373 e. The van der Waals surface area contributed by atoms with E-state index in [-0.39, 0.29) is 35.7 Å². The molecule has 30 heavy (non-hydrogen) atoms. The highest BCUT2D eigenvalue weighted by atomic mass is 35.5. The fourth-order valence-electron chi connectivity index (χ4n) is 3.63. The quantitative estimate of drug-likeness (QED) is 0.524. The maximum atomic E-state index is 12.5. The van der Waals surface area contributed by atoms with Gasteiger partial charge in [-0.1, -0.05) is 28.9 Å². The molecule has 0 amide bonds. The van der Waals surface area contributed by atoms with Gasteiger partial charge in [-0.15, -0.1) is 0 Å². The summed E-state index contributed by atoms with van der Waals surface area (Å²) in [5, 5.41) is 4.80. The van der Waals surface area contributed by atoms with Gasteiger partial charge in [0.05, 0.1) is 19.0 Å². The van der Waals surface area contributed by atoms with Gasteiger partial charge in [0.1, 0.15) is 6.54 Å². The summed E-state index contributed by atoms with van der Waals surface area (Å²) in [6.45, 7) is 0.622. The average molecular weight is 428 g/mol. The van der Waals surface area contributed by atoms with Gasteiger partial charge in [-0.3, -0.25) is 9.36 Å². The number of rotatable bonds is 4. The van der Waals surface area contributed by atoms with E-state index >= 15 is 0 Å². The fourth-order valence-corrected chi connectivity index (χ4v) is 3.75. The maximum Gasteiger partial charge on any atom is 0.279 e. The lowest BCUT2D eigenvalue weighted by molar-refractivity contribution is 0.110. The summed E-state index contributed by atoms with van der Waals surface area (Å²) >= 11 is 5.96. The summed E-state index contributed by atoms with van der Waals surface area (Å²) in [7, 11) is 1.62. The smallest absolute Gasteiger partial charge is 0.279 e. The Kier molecular flexibility index (Phi) is 4.52. The van der Waals surface area contributed by atoms with Crippen molar-refractivity contribution in [3.8, 4) is 0 Å². The molecule has 4 heterocycles. The van der Waals surface area contributed by atoms with Crippen LogP contribution < -0.4 is 11.3 Å². The van der Waals surface area contributed by atoms with E-state index in [4.69, 9.17) is 26.6 Å². The second-order valence-corrected chi connectivity index (χ2v) is 7.68. The van der Waals surface area contributed by atoms with Gasteiger partial charge in [0.25, 0.3) is 5.56 Å². The van der Waals surface area contributed by atoms with Crippen molar-refractivity contribution in [1.29, 1.82) is 0 Å². The summed E-state index contributed by atoms with van der Waals surface area (Å²) in [5.41, 5.74) is 7.38. The number of nitrogens with two attached hydrogens (primary N) is 1. The van der Waals surface area contributed by atoms with Crippen molar-refractivity contribution in [2.45, 2.75) is 25.0 Å². The number of halogens is 1. The molecule has 3 aromatic heterocycles. The summed E-state index contributed by atoms with van der Waals surface area (Å²) in [4.78, 5) is 25.2. The maximum absolute atomic E-state index is 12.5. The van der Waals surface area contributed by atoms with E-state index in [1.165, 1.54) is 15.5 Å². The first-order valence-corrected chi connectivity index (χ1v) is 9.74. The second kappa shape index (κ2) is 7.22. The van der Waals surface area contributed by atoms with Gasteiger partial charge in [0.15, 0.2) is 17.0 Å². The largest absolute Gasteiger partial charge is 0.373 e. The number of hydrogen-bond donors (Lipinski definition) is 1. The van der Waals surface area contributed by atoms with Crippen LogP contribution in [-0.2, 0) is 18.3 Å². The molecule has 0 bridgehead atoms. The average Bonchev–Trinajstić information content (AvgIpc) is 3.45. The van der Waals surface area contributed by atoms with Gasteiger partial charge in [-0.05, 0) is 24.1 Å². The van der Waals surface area contributed by atoms with Gasteiger partial charge in [0, 0.05) is 18.0 Å². The van der Waals surface area contributed by atoms with Crippen LogP contribution in [0.4, 0.5) is 5.95 Å². The van der Waals surface area contributed by atoms with Crippen LogP contribution in [-0.4, -0.2) is 35.8 Å². The minimum absolute atomic E-state index is 0.00888. The molecule has 154 valence electrons. The van der Waals surface area contributed by atoms with Gasteiger partial charge in [-0.2, -0.15) is 9.97 Å². The molecular weight excluding hydrogens is 410 g/mol. The number of hydrogen-bond acceptors (Lipinski definition) is 8. The highest BCUT2D eigenvalue weighted by Gasteiger charge is 2.31. The van der Waals surface area contributed by atoms with Gasteiger partial charge in [-0.25, -0.2) is 4.98 Å². The lowest BCUT2D eigenvalue weighted by atomic mass is 10.0. The number of ether oxygens (including phenoxy) is 1. The van der Waals surface area contributed by atoms with Crippen LogP contribution in [0, 0.1) is 0 Å². The molecule has 1 saturated heterocycles. The molecule has 0 aliphatic carbocycles. The number of imidazole rings is 1. The van der Waals surface area contributed by atoms with Crippen LogP contribution in [0.3, 0.4) is 0 Å². The van der Waals surface area contributed by atoms with Gasteiger partial charge in [0.2, 0.25) is 11.8 Å². The Bertz CT molecular complexity index is 1280. The first-order chi connectivity index (χ1) is 14.5. The summed E-state index contributed by atoms with van der Waals surface area (Å²) < 4.78 is 14.2. The van der Waals surface area contributed by atoms with Gasteiger partial charge < -0.3 is 19.6 Å². The Morgan fingerprint density at radius 2 is 2.07 bits per heavy atom. The lowest BCUT2D eigenvalue weighted by Crippen LogP contribution is -2.20. The Morgan fingerprint density at radius 1 is 1.27 bits per heavy atom. The first kappa shape index (κ1) is 18.8. The van der Waals surface area contributed by atoms with Crippen molar-refractivity contribution in [1.82, 2.24) is 29.2 Å². The standard InChI is InChI=1S/C19H18ClN7O3/c1-26-9-22-17-15(18(26)28)27(19(21)24-17)7-14-23-16(25-30-14)11-6-13(29-8-11)10-2-4-12(20)5-3-10/h2-5,9,11,13H,6-8H2,1H3,(H2,21,24)/t11-,13+/m0/s1. The molecule has 2 N–H and O–H groups in total. The second-order valence-electron chi connectivity index (χ2n) is 7.24. The number of nitrogen functional groups attached to an aromatic ring is 1. The Hall–Kier alpha value is -3.24. The predicted molar refractivity (Wildman–Crippen MR) is 108 cm³/mol. The Morgan fingerprint density at radius 3 is 2.87 bits per heavy atom. The summed E-state index contributed by atoms with van der Waals surface area (Å²) in [6, 6.07) is 7.61. The van der Waals surface area contributed by atoms with Crippen molar-refractivity contribution < 1.29 is 9.26 Å². The summed E-state index contributed by atoms with van der Waals surface area (Å²) in [5.74, 6) is 1.06. The summed E-state index contributed by atoms with van der Waals surface area (Å²) in [6.07, 6.45) is 2.10. The molecule has 5 rings (SSSR count). The zero-order chi connectivity index (χ0) is 20.8. The zero-order valence-corrected chi connectivity index (χ0v) is 16.8. The SMILES string of the molecule is Cn1cnc2nc(N)n(Cc3nc([C@@H]4CO[C@@H](c5ccc(Cl)cc5)C4)no3)c2c1=O. The number of anilines is 1. The molecule has 1 aromatic carbocycles. The predicted octanol–water partition coefficient (Wildman–Crippen LogP) is 2.04. The van der Waals surface area contributed by atoms with Crippen LogP contribution in [0.25, 0.3) is 11.2 Å². The highest BCUT2D eigenvalue weighted by molar-refractivity contribution is 6.30. The van der Waals surface area contributed by atoms with E-state index in [1.807, 2.05) is 24.3 Å². The highest BCUT2D eigenvalue weighted by Crippen LogP contribution is 2.37. The van der Waals surface area contributed by atoms with Crippen molar-refractivity contribution >= 4 is 28.7 Å². The molecule has 2 atom stereocenters. The molecule has 0 spiro atoms. The molecular formula is C19H18ClN7O3. The van der Waals surface area contributed by atoms with Crippen LogP contribution in [0.15, 0.2) is 39.9 Å². The monoisotopic (exact) mass is 427 g/mol. The van der Waals surface area contributed by atoms with Crippen molar-refractivity contribution in [3.05, 3.63) is 63.2 Å². The third-order valence-corrected chi connectivity index (χ3v) is 5.49. The van der Waals surface area contributed by atoms with E-state index in [0.29, 0.717) is 28.9 Å². The Labute approximate surface area is 175 Å². The Balaban J connectivity index is 1.36. The molecule has 10 nitrogen and oxygen atoms in total. The van der Waals surface area contributed by atoms with Gasteiger partial charge >= 0.3 is 0 Å². The zero-order valence-electron chi connectivity index (χ0n) is 16.0. The topological polar surface area (TPSA) is 127 Å². The molecule has 1 aliphatic rings. The van der Waals surface area contributed by atoms with Crippen LogP contribution in [0.2, 0.25) is 5.02 Å². The fraction of sp³-hybridized carbons (Fsp3) is 0.316. The lowest BCUT2D eigenvalue weighted by Gasteiger charge is -2.09. The minimum atomic E-state index is -0.251. The van der Waals surface area contributed by atoms with Crippen molar-refractivity contribution in [2.24, 2.45) is 7.05 Å². The molecule has 0 radical (unpaired) electrons. The van der Waals surface area contributed by atoms with Crippen LogP contribution in [0.5, 0.6) is 0 Å². The van der Waals surface area contributed by atoms with Crippen molar-refractivity contribution in [3.63, 3.8) is 0 Å². The number of aryl methyl sites for hydroxylation is 1. The molecule has 4 aromatic rings. The molecule has 11 heteroatoms. The molecule has 0 unspecified atom stereocenters. The number of aromatic nitrogens is 6. The van der Waals surface area contributed by atoms with E-state index in [1.54, 1.807) is 7.05 Å². The number of benzene rings is 1. The van der Waals surface area contributed by atoms with Crippen molar-refractivity contribution in [2.75, 3.05) is 12.3 Å². The van der Waals surface area contributed by atoms with E-state index in [9.17, 15) is 4.79 Å². The molecule has 1 fully saturated rings. The first-order valence-electron chi connectivity index (χ1n) is 9.36. The third kappa shape index (κ3) is 3.23. The van der Waals surface area contributed by atoms with Crippen LogP contribution >= 0.6 is 11.6 Å². The van der Waals surface area contributed by atoms with E-state index in [0.717, 1.165) is 12.0 Å². The van der Waals surface area contributed by atoms with E-state index < -0.39 is 0 Å². The van der Waals surface area contributed by atoms with Crippen LogP contribution in [0.1, 0.15) is 35.7 Å². The van der Waals surface area contributed by atoms with E-state index in [2.05, 4.69) is 20.1 Å². The number of fused-ring (bicyclic) bond motifs is 1. The number of nitrogens with zero attached hydrogens (tertiary/aromatic N) is 6.